The Morgan fingerprint density at radius 1 is 1.33 bits per heavy atom. The standard InChI is InChI=1S/C22H30N6O2/c1-4-5-16(11-23-2)25-22-15(13-29)8-9-17(26-22)18-12-24-20-10-19(30-3)21(14-6-7-14)27-28(18)20/h8-10,12,14,16,23,29H,4-7,11,13H2,1-3H3,(H,25,26). The van der Waals surface area contributed by atoms with Gasteiger partial charge in [-0.1, -0.05) is 19.4 Å². The first kappa shape index (κ1) is 20.6. The number of nitrogens with one attached hydrogen (secondary N) is 2. The van der Waals surface area contributed by atoms with Gasteiger partial charge in [0.15, 0.2) is 5.65 Å². The predicted octanol–water partition coefficient (Wildman–Crippen LogP) is 2.97. The van der Waals surface area contributed by atoms with Crippen LogP contribution in [-0.4, -0.2) is 51.4 Å². The topological polar surface area (TPSA) is 96.6 Å². The van der Waals surface area contributed by atoms with E-state index in [0.717, 1.165) is 66.3 Å². The summed E-state index contributed by atoms with van der Waals surface area (Å²) in [5.74, 6) is 1.95. The van der Waals surface area contributed by atoms with E-state index >= 15 is 0 Å². The van der Waals surface area contributed by atoms with Crippen molar-refractivity contribution in [1.29, 1.82) is 0 Å². The highest BCUT2D eigenvalue weighted by atomic mass is 16.5. The van der Waals surface area contributed by atoms with Crippen molar-refractivity contribution < 1.29 is 9.84 Å². The molecule has 1 aliphatic carbocycles. The maximum absolute atomic E-state index is 9.81. The summed E-state index contributed by atoms with van der Waals surface area (Å²) in [7, 11) is 3.62. The maximum atomic E-state index is 9.81. The molecule has 0 amide bonds. The monoisotopic (exact) mass is 410 g/mol. The first-order chi connectivity index (χ1) is 14.7. The fourth-order valence-electron chi connectivity index (χ4n) is 3.79. The smallest absolute Gasteiger partial charge is 0.157 e. The molecule has 1 atom stereocenters. The van der Waals surface area contributed by atoms with Crippen LogP contribution in [-0.2, 0) is 6.61 Å². The number of anilines is 1. The molecule has 8 nitrogen and oxygen atoms in total. The number of methoxy groups -OCH3 is 1. The number of nitrogens with zero attached hydrogens (tertiary/aromatic N) is 4. The van der Waals surface area contributed by atoms with Crippen LogP contribution in [0.15, 0.2) is 24.4 Å². The molecule has 160 valence electrons. The van der Waals surface area contributed by atoms with Gasteiger partial charge < -0.3 is 20.5 Å². The van der Waals surface area contributed by atoms with Crippen LogP contribution >= 0.6 is 0 Å². The molecule has 0 aliphatic heterocycles. The number of likely N-dealkylation sites (N-methyl/N-ethyl adjacent to an activating group) is 1. The van der Waals surface area contributed by atoms with Crippen molar-refractivity contribution in [1.82, 2.24) is 24.9 Å². The number of ether oxygens (including phenoxy) is 1. The van der Waals surface area contributed by atoms with Crippen molar-refractivity contribution in [3.05, 3.63) is 35.7 Å². The summed E-state index contributed by atoms with van der Waals surface area (Å²) in [6.45, 7) is 2.92. The Hall–Kier alpha value is -2.71. The lowest BCUT2D eigenvalue weighted by molar-refractivity contribution is 0.282. The van der Waals surface area contributed by atoms with Gasteiger partial charge in [-0.2, -0.15) is 5.10 Å². The normalized spacial score (nSPS) is 14.8. The Morgan fingerprint density at radius 2 is 2.17 bits per heavy atom. The highest BCUT2D eigenvalue weighted by molar-refractivity contribution is 5.64. The molecule has 1 saturated carbocycles. The van der Waals surface area contributed by atoms with Gasteiger partial charge in [0.05, 0.1) is 25.6 Å². The molecule has 0 bridgehead atoms. The Kier molecular flexibility index (Phi) is 6.15. The van der Waals surface area contributed by atoms with Gasteiger partial charge >= 0.3 is 0 Å². The number of hydrogen-bond acceptors (Lipinski definition) is 7. The molecule has 3 heterocycles. The fraction of sp³-hybridized carbons (Fsp3) is 0.500. The Balaban J connectivity index is 1.73. The molecule has 0 radical (unpaired) electrons. The Morgan fingerprint density at radius 3 is 2.83 bits per heavy atom. The highest BCUT2D eigenvalue weighted by Crippen LogP contribution is 2.43. The molecule has 8 heteroatoms. The van der Waals surface area contributed by atoms with E-state index in [1.807, 2.05) is 29.8 Å². The van der Waals surface area contributed by atoms with Crippen molar-refractivity contribution in [2.75, 3.05) is 26.0 Å². The molecule has 3 aromatic heterocycles. The highest BCUT2D eigenvalue weighted by Gasteiger charge is 2.30. The summed E-state index contributed by atoms with van der Waals surface area (Å²) in [5, 5.41) is 21.4. The lowest BCUT2D eigenvalue weighted by Gasteiger charge is -2.20. The zero-order valence-corrected chi connectivity index (χ0v) is 17.9. The van der Waals surface area contributed by atoms with Gasteiger partial charge in [-0.05, 0) is 32.4 Å². The van der Waals surface area contributed by atoms with E-state index in [2.05, 4.69) is 22.5 Å². The summed E-state index contributed by atoms with van der Waals surface area (Å²) in [6, 6.07) is 6.00. The van der Waals surface area contributed by atoms with Crippen LogP contribution in [0.1, 0.15) is 49.8 Å². The summed E-state index contributed by atoms with van der Waals surface area (Å²) < 4.78 is 7.38. The van der Waals surface area contributed by atoms with E-state index in [1.54, 1.807) is 13.3 Å². The molecular formula is C22H30N6O2. The van der Waals surface area contributed by atoms with Crippen molar-refractivity contribution in [2.24, 2.45) is 0 Å². The van der Waals surface area contributed by atoms with Crippen LogP contribution in [0, 0.1) is 0 Å². The molecule has 1 fully saturated rings. The summed E-state index contributed by atoms with van der Waals surface area (Å²) in [6.07, 6.45) is 6.15. The lowest BCUT2D eigenvalue weighted by Crippen LogP contribution is -2.31. The minimum absolute atomic E-state index is 0.0670. The van der Waals surface area contributed by atoms with Crippen LogP contribution in [0.4, 0.5) is 5.82 Å². The number of rotatable bonds is 10. The second kappa shape index (κ2) is 8.97. The quantitative estimate of drug-likeness (QED) is 0.473. The van der Waals surface area contributed by atoms with E-state index < -0.39 is 0 Å². The van der Waals surface area contributed by atoms with Crippen molar-refractivity contribution in [2.45, 2.75) is 51.2 Å². The molecule has 3 N–H and O–H groups in total. The number of imidazole rings is 1. The third kappa shape index (κ3) is 4.11. The van der Waals surface area contributed by atoms with Crippen molar-refractivity contribution >= 4 is 11.5 Å². The lowest BCUT2D eigenvalue weighted by atomic mass is 10.1. The van der Waals surface area contributed by atoms with Crippen LogP contribution in [0.25, 0.3) is 17.0 Å². The Bertz CT molecular complexity index is 1010. The summed E-state index contributed by atoms with van der Waals surface area (Å²) >= 11 is 0. The maximum Gasteiger partial charge on any atom is 0.157 e. The molecule has 1 aliphatic rings. The SMILES string of the molecule is CCCC(CNC)Nc1nc(-c2cnc3cc(OC)c(C4CC4)nn23)ccc1CO. The van der Waals surface area contributed by atoms with Crippen LogP contribution in [0.5, 0.6) is 5.75 Å². The van der Waals surface area contributed by atoms with Gasteiger partial charge in [0.1, 0.15) is 23.0 Å². The third-order valence-electron chi connectivity index (χ3n) is 5.51. The van der Waals surface area contributed by atoms with Crippen molar-refractivity contribution in [3.8, 4) is 17.1 Å². The molecule has 0 aromatic carbocycles. The molecule has 0 saturated heterocycles. The van der Waals surface area contributed by atoms with Crippen LogP contribution in [0.3, 0.4) is 0 Å². The number of aliphatic hydroxyl groups excluding tert-OH is 1. The van der Waals surface area contributed by atoms with Gasteiger partial charge in [-0.25, -0.2) is 14.5 Å². The van der Waals surface area contributed by atoms with Gasteiger partial charge in [0.2, 0.25) is 0 Å². The average Bonchev–Trinajstić information content (AvgIpc) is 3.52. The van der Waals surface area contributed by atoms with Gasteiger partial charge in [-0.3, -0.25) is 0 Å². The molecule has 30 heavy (non-hydrogen) atoms. The van der Waals surface area contributed by atoms with Gasteiger partial charge in [-0.15, -0.1) is 0 Å². The van der Waals surface area contributed by atoms with E-state index in [9.17, 15) is 5.11 Å². The zero-order chi connectivity index (χ0) is 21.1. The van der Waals surface area contributed by atoms with E-state index in [1.165, 1.54) is 0 Å². The molecule has 4 rings (SSSR count). The number of fused-ring (bicyclic) bond motifs is 1. The molecule has 1 unspecified atom stereocenters. The molecular weight excluding hydrogens is 380 g/mol. The number of pyridine rings is 1. The second-order valence-electron chi connectivity index (χ2n) is 7.84. The predicted molar refractivity (Wildman–Crippen MR) is 117 cm³/mol. The second-order valence-corrected chi connectivity index (χ2v) is 7.84. The largest absolute Gasteiger partial charge is 0.495 e. The van der Waals surface area contributed by atoms with E-state index in [-0.39, 0.29) is 12.6 Å². The first-order valence-electron chi connectivity index (χ1n) is 10.6. The third-order valence-corrected chi connectivity index (χ3v) is 5.51. The minimum Gasteiger partial charge on any atom is -0.495 e. The summed E-state index contributed by atoms with van der Waals surface area (Å²) in [5.41, 5.74) is 4.07. The average molecular weight is 411 g/mol. The molecule has 3 aromatic rings. The first-order valence-corrected chi connectivity index (χ1v) is 10.6. The van der Waals surface area contributed by atoms with Gasteiger partial charge in [0, 0.05) is 30.1 Å². The van der Waals surface area contributed by atoms with E-state index in [4.69, 9.17) is 14.8 Å². The fourth-order valence-corrected chi connectivity index (χ4v) is 3.79. The number of aromatic nitrogens is 4. The van der Waals surface area contributed by atoms with Gasteiger partial charge in [0.25, 0.3) is 0 Å². The van der Waals surface area contributed by atoms with Crippen molar-refractivity contribution in [3.63, 3.8) is 0 Å². The summed E-state index contributed by atoms with van der Waals surface area (Å²) in [4.78, 5) is 9.36. The number of hydrogen-bond donors (Lipinski definition) is 3. The molecule has 0 spiro atoms. The Labute approximate surface area is 176 Å². The number of aliphatic hydroxyl groups is 1. The van der Waals surface area contributed by atoms with Crippen LogP contribution in [0.2, 0.25) is 0 Å². The zero-order valence-electron chi connectivity index (χ0n) is 17.9. The van der Waals surface area contributed by atoms with E-state index in [0.29, 0.717) is 11.7 Å². The van der Waals surface area contributed by atoms with Crippen LogP contribution < -0.4 is 15.4 Å². The minimum atomic E-state index is -0.0670.